The molecule has 1 saturated heterocycles. The van der Waals surface area contributed by atoms with E-state index in [-0.39, 0.29) is 11.8 Å². The molecule has 1 aromatic rings. The largest absolute Gasteiger partial charge is 0.481 e. The highest BCUT2D eigenvalue weighted by atomic mass is 79.9. The highest BCUT2D eigenvalue weighted by Crippen LogP contribution is 2.21. The molecular formula is C15H18BrNO4. The van der Waals surface area contributed by atoms with Crippen LogP contribution in [0.4, 0.5) is 0 Å². The molecule has 0 spiro atoms. The van der Waals surface area contributed by atoms with Gasteiger partial charge in [0.05, 0.1) is 5.92 Å². The summed E-state index contributed by atoms with van der Waals surface area (Å²) in [6.07, 6.45) is 0.427. The first kappa shape index (κ1) is 15.8. The second-order valence-electron chi connectivity index (χ2n) is 5.16. The van der Waals surface area contributed by atoms with Gasteiger partial charge in [-0.15, -0.1) is 0 Å². The number of nitrogens with zero attached hydrogens (tertiary/aromatic N) is 1. The fourth-order valence-electron chi connectivity index (χ4n) is 2.40. The van der Waals surface area contributed by atoms with Gasteiger partial charge in [-0.1, -0.05) is 22.0 Å². The molecule has 1 N–H and O–H groups in total. The van der Waals surface area contributed by atoms with Gasteiger partial charge >= 0.3 is 5.97 Å². The van der Waals surface area contributed by atoms with E-state index in [4.69, 9.17) is 9.84 Å². The number of ether oxygens (including phenoxy) is 1. The summed E-state index contributed by atoms with van der Waals surface area (Å²) in [5.41, 5.74) is 0. The number of benzene rings is 1. The van der Waals surface area contributed by atoms with Gasteiger partial charge < -0.3 is 14.7 Å². The molecule has 1 aliphatic rings. The maximum Gasteiger partial charge on any atom is 0.306 e. The molecule has 6 heteroatoms. The molecule has 1 atom stereocenters. The lowest BCUT2D eigenvalue weighted by Crippen LogP contribution is -2.45. The molecule has 0 bridgehead atoms. The Bertz CT molecular complexity index is 526. The average Bonchev–Trinajstić information content (AvgIpc) is 2.46. The number of carboxylic acids is 1. The molecule has 0 aliphatic carbocycles. The maximum atomic E-state index is 12.3. The van der Waals surface area contributed by atoms with Gasteiger partial charge in [0.1, 0.15) is 5.75 Å². The Labute approximate surface area is 132 Å². The topological polar surface area (TPSA) is 66.8 Å². The molecule has 1 fully saturated rings. The van der Waals surface area contributed by atoms with Crippen molar-refractivity contribution in [3.05, 3.63) is 28.7 Å². The highest BCUT2D eigenvalue weighted by Gasteiger charge is 2.29. The summed E-state index contributed by atoms with van der Waals surface area (Å²) in [6, 6.07) is 7.33. The highest BCUT2D eigenvalue weighted by molar-refractivity contribution is 9.10. The Morgan fingerprint density at radius 3 is 2.62 bits per heavy atom. The molecular weight excluding hydrogens is 338 g/mol. The average molecular weight is 356 g/mol. The van der Waals surface area contributed by atoms with E-state index in [0.29, 0.717) is 31.7 Å². The van der Waals surface area contributed by atoms with E-state index in [9.17, 15) is 9.59 Å². The van der Waals surface area contributed by atoms with Crippen LogP contribution in [0.15, 0.2) is 28.7 Å². The summed E-state index contributed by atoms with van der Waals surface area (Å²) in [5, 5.41) is 8.96. The molecule has 0 saturated carbocycles. The van der Waals surface area contributed by atoms with Gasteiger partial charge in [0.25, 0.3) is 5.91 Å². The second-order valence-corrected chi connectivity index (χ2v) is 6.07. The summed E-state index contributed by atoms with van der Waals surface area (Å²) in [5.74, 6) is -0.583. The monoisotopic (exact) mass is 355 g/mol. The van der Waals surface area contributed by atoms with E-state index in [1.807, 2.05) is 12.1 Å². The Kier molecular flexibility index (Phi) is 5.22. The van der Waals surface area contributed by atoms with Crippen LogP contribution in [0.25, 0.3) is 0 Å². The third kappa shape index (κ3) is 4.20. The zero-order chi connectivity index (χ0) is 15.4. The summed E-state index contributed by atoms with van der Waals surface area (Å²) in [7, 11) is 0. The molecule has 1 aliphatic heterocycles. The zero-order valence-corrected chi connectivity index (χ0v) is 13.4. The van der Waals surface area contributed by atoms with Crippen LogP contribution in [0.1, 0.15) is 19.8 Å². The van der Waals surface area contributed by atoms with Gasteiger partial charge in [-0.2, -0.15) is 0 Å². The third-order valence-corrected chi connectivity index (χ3v) is 4.11. The van der Waals surface area contributed by atoms with Crippen molar-refractivity contribution in [3.63, 3.8) is 0 Å². The zero-order valence-electron chi connectivity index (χ0n) is 11.8. The van der Waals surface area contributed by atoms with E-state index in [1.165, 1.54) is 0 Å². The number of piperidine rings is 1. The first-order valence-electron chi connectivity index (χ1n) is 6.91. The summed E-state index contributed by atoms with van der Waals surface area (Å²) in [6.45, 7) is 2.66. The molecule has 1 heterocycles. The van der Waals surface area contributed by atoms with Crippen LogP contribution in [0.3, 0.4) is 0 Å². The number of aliphatic carboxylic acids is 1. The van der Waals surface area contributed by atoms with Crippen LogP contribution < -0.4 is 4.74 Å². The summed E-state index contributed by atoms with van der Waals surface area (Å²) in [4.78, 5) is 24.9. The van der Waals surface area contributed by atoms with Crippen LogP contribution >= 0.6 is 15.9 Å². The van der Waals surface area contributed by atoms with Crippen LogP contribution in [0.2, 0.25) is 0 Å². The molecule has 1 unspecified atom stereocenters. The van der Waals surface area contributed by atoms with Gasteiger partial charge in [0.2, 0.25) is 0 Å². The lowest BCUT2D eigenvalue weighted by Gasteiger charge is -2.32. The smallest absolute Gasteiger partial charge is 0.306 e. The first-order valence-corrected chi connectivity index (χ1v) is 7.70. The molecule has 5 nitrogen and oxygen atoms in total. The van der Waals surface area contributed by atoms with Crippen molar-refractivity contribution >= 4 is 27.8 Å². The number of amides is 1. The van der Waals surface area contributed by atoms with Crippen LogP contribution in [-0.4, -0.2) is 41.1 Å². The van der Waals surface area contributed by atoms with E-state index in [1.54, 1.807) is 24.0 Å². The number of halogens is 1. The lowest BCUT2D eigenvalue weighted by molar-refractivity contribution is -0.147. The SMILES string of the molecule is CC(Oc1cccc(Br)c1)C(=O)N1CCC(C(=O)O)CC1. The van der Waals surface area contributed by atoms with Crippen molar-refractivity contribution in [2.75, 3.05) is 13.1 Å². The number of hydrogen-bond donors (Lipinski definition) is 1. The summed E-state index contributed by atoms with van der Waals surface area (Å²) < 4.78 is 6.54. The standard InChI is InChI=1S/C15H18BrNO4/c1-10(21-13-4-2-3-12(16)9-13)14(18)17-7-5-11(6-8-17)15(19)20/h2-4,9-11H,5-8H2,1H3,(H,19,20). The van der Waals surface area contributed by atoms with E-state index >= 15 is 0 Å². The van der Waals surface area contributed by atoms with Gasteiger partial charge in [-0.25, -0.2) is 0 Å². The predicted molar refractivity (Wildman–Crippen MR) is 81.2 cm³/mol. The van der Waals surface area contributed by atoms with Gasteiger partial charge in [-0.3, -0.25) is 9.59 Å². The molecule has 0 aromatic heterocycles. The van der Waals surface area contributed by atoms with Crippen molar-refractivity contribution < 1.29 is 19.4 Å². The molecule has 21 heavy (non-hydrogen) atoms. The van der Waals surface area contributed by atoms with Crippen LogP contribution in [-0.2, 0) is 9.59 Å². The van der Waals surface area contributed by atoms with Crippen LogP contribution in [0.5, 0.6) is 5.75 Å². The van der Waals surface area contributed by atoms with Crippen molar-refractivity contribution in [1.82, 2.24) is 4.90 Å². The van der Waals surface area contributed by atoms with E-state index in [2.05, 4.69) is 15.9 Å². The van der Waals surface area contributed by atoms with Crippen molar-refractivity contribution in [1.29, 1.82) is 0 Å². The van der Waals surface area contributed by atoms with Crippen molar-refractivity contribution in [2.24, 2.45) is 5.92 Å². The molecule has 114 valence electrons. The second kappa shape index (κ2) is 6.93. The number of carbonyl (C=O) groups excluding carboxylic acids is 1. The van der Waals surface area contributed by atoms with Gasteiger partial charge in [-0.05, 0) is 38.0 Å². The summed E-state index contributed by atoms with van der Waals surface area (Å²) >= 11 is 3.35. The molecule has 0 radical (unpaired) electrons. The normalized spacial score (nSPS) is 17.3. The maximum absolute atomic E-state index is 12.3. The minimum atomic E-state index is -0.777. The van der Waals surface area contributed by atoms with Gasteiger partial charge in [0, 0.05) is 17.6 Å². The lowest BCUT2D eigenvalue weighted by atomic mass is 9.97. The van der Waals surface area contributed by atoms with E-state index in [0.717, 1.165) is 4.47 Å². The molecule has 2 rings (SSSR count). The fraction of sp³-hybridized carbons (Fsp3) is 0.467. The van der Waals surface area contributed by atoms with Crippen molar-refractivity contribution in [2.45, 2.75) is 25.9 Å². The quantitative estimate of drug-likeness (QED) is 0.900. The van der Waals surface area contributed by atoms with Crippen LogP contribution in [0, 0.1) is 5.92 Å². The first-order chi connectivity index (χ1) is 9.97. The third-order valence-electron chi connectivity index (χ3n) is 3.61. The number of carbonyl (C=O) groups is 2. The Hall–Kier alpha value is -1.56. The number of rotatable bonds is 4. The predicted octanol–water partition coefficient (Wildman–Crippen LogP) is 2.54. The number of hydrogen-bond acceptors (Lipinski definition) is 3. The number of carboxylic acid groups (broad SMARTS) is 1. The minimum absolute atomic E-state index is 0.0983. The van der Waals surface area contributed by atoms with Crippen molar-refractivity contribution in [3.8, 4) is 5.75 Å². The number of likely N-dealkylation sites (tertiary alicyclic amines) is 1. The van der Waals surface area contributed by atoms with Gasteiger partial charge in [0.15, 0.2) is 6.10 Å². The fourth-order valence-corrected chi connectivity index (χ4v) is 2.78. The minimum Gasteiger partial charge on any atom is -0.481 e. The Morgan fingerprint density at radius 2 is 2.05 bits per heavy atom. The van der Waals surface area contributed by atoms with E-state index < -0.39 is 12.1 Å². The molecule has 1 amide bonds. The molecule has 1 aromatic carbocycles. The Morgan fingerprint density at radius 1 is 1.38 bits per heavy atom. The Balaban J connectivity index is 1.90.